The second-order valence-corrected chi connectivity index (χ2v) is 7.04. The molecule has 0 radical (unpaired) electrons. The van der Waals surface area contributed by atoms with Gasteiger partial charge in [-0.25, -0.2) is 9.18 Å². The summed E-state index contributed by atoms with van der Waals surface area (Å²) >= 11 is 0. The van der Waals surface area contributed by atoms with Gasteiger partial charge in [0.15, 0.2) is 0 Å². The molecule has 0 amide bonds. The van der Waals surface area contributed by atoms with Crippen molar-refractivity contribution < 1.29 is 14.3 Å². The Morgan fingerprint density at radius 3 is 2.64 bits per heavy atom. The van der Waals surface area contributed by atoms with E-state index in [2.05, 4.69) is 20.5 Å². The third-order valence-corrected chi connectivity index (χ3v) is 5.11. The van der Waals surface area contributed by atoms with E-state index in [4.69, 9.17) is 5.11 Å². The minimum absolute atomic E-state index is 0.199. The first-order chi connectivity index (χ1) is 13.6. The number of hydrogen-bond donors (Lipinski definition) is 2. The van der Waals surface area contributed by atoms with E-state index in [1.54, 1.807) is 36.5 Å². The zero-order valence-corrected chi connectivity index (χ0v) is 15.0. The largest absolute Gasteiger partial charge is 0.478 e. The molecule has 0 unspecified atom stereocenters. The summed E-state index contributed by atoms with van der Waals surface area (Å²) in [7, 11) is 0. The first-order valence-electron chi connectivity index (χ1n) is 9.03. The predicted molar refractivity (Wildman–Crippen MR) is 103 cm³/mol. The van der Waals surface area contributed by atoms with Crippen molar-refractivity contribution in [1.82, 2.24) is 15.2 Å². The predicted octanol–water partition coefficient (Wildman–Crippen LogP) is 3.72. The number of pyridine rings is 1. The molecule has 1 aliphatic carbocycles. The highest BCUT2D eigenvalue weighted by atomic mass is 19.1. The molecule has 6 nitrogen and oxygen atoms in total. The van der Waals surface area contributed by atoms with Crippen LogP contribution in [0, 0.1) is 0 Å². The van der Waals surface area contributed by atoms with Crippen LogP contribution in [0.1, 0.15) is 28.9 Å². The van der Waals surface area contributed by atoms with Gasteiger partial charge in [-0.05, 0) is 49.2 Å². The SMILES string of the molecule is O=C(O)c1cccc(-c2ccc(NC[C@]3(c4ccccn4)C[C@H](F)C3)nn2)c1. The summed E-state index contributed by atoms with van der Waals surface area (Å²) in [6.07, 6.45) is 1.79. The molecule has 0 saturated heterocycles. The molecule has 0 aliphatic heterocycles. The van der Waals surface area contributed by atoms with E-state index in [9.17, 15) is 9.18 Å². The van der Waals surface area contributed by atoms with Crippen molar-refractivity contribution in [2.45, 2.75) is 24.4 Å². The Bertz CT molecular complexity index is 973. The lowest BCUT2D eigenvalue weighted by molar-refractivity contribution is 0.0697. The van der Waals surface area contributed by atoms with E-state index in [0.717, 1.165) is 5.69 Å². The molecular formula is C21H19FN4O2. The molecule has 1 fully saturated rings. The van der Waals surface area contributed by atoms with Crippen molar-refractivity contribution in [3.63, 3.8) is 0 Å². The maximum atomic E-state index is 13.6. The summed E-state index contributed by atoms with van der Waals surface area (Å²) in [4.78, 5) is 15.5. The summed E-state index contributed by atoms with van der Waals surface area (Å²) in [6.45, 7) is 0.521. The molecule has 28 heavy (non-hydrogen) atoms. The van der Waals surface area contributed by atoms with Crippen molar-refractivity contribution in [3.05, 3.63) is 72.1 Å². The maximum absolute atomic E-state index is 13.6. The number of aromatic carboxylic acids is 1. The Labute approximate surface area is 161 Å². The molecule has 3 aromatic rings. The highest BCUT2D eigenvalue weighted by Crippen LogP contribution is 2.44. The Morgan fingerprint density at radius 2 is 2.00 bits per heavy atom. The molecule has 0 spiro atoms. The number of rotatable bonds is 6. The topological polar surface area (TPSA) is 88.0 Å². The van der Waals surface area contributed by atoms with Gasteiger partial charge in [-0.3, -0.25) is 4.98 Å². The van der Waals surface area contributed by atoms with Crippen molar-refractivity contribution in [1.29, 1.82) is 0 Å². The van der Waals surface area contributed by atoms with Crippen LogP contribution in [-0.4, -0.2) is 39.0 Å². The summed E-state index contributed by atoms with van der Waals surface area (Å²) in [6, 6.07) is 15.8. The Hall–Kier alpha value is -3.35. The van der Waals surface area contributed by atoms with Gasteiger partial charge in [-0.2, -0.15) is 0 Å². The molecule has 0 bridgehead atoms. The van der Waals surface area contributed by atoms with Crippen LogP contribution in [0.15, 0.2) is 60.8 Å². The first-order valence-corrected chi connectivity index (χ1v) is 9.03. The minimum Gasteiger partial charge on any atom is -0.478 e. The fourth-order valence-corrected chi connectivity index (χ4v) is 3.56. The van der Waals surface area contributed by atoms with Crippen LogP contribution < -0.4 is 5.32 Å². The zero-order chi connectivity index (χ0) is 19.6. The van der Waals surface area contributed by atoms with Crippen molar-refractivity contribution in [2.75, 3.05) is 11.9 Å². The average Bonchev–Trinajstić information content (AvgIpc) is 2.71. The molecule has 0 atom stereocenters. The number of carboxylic acid groups (broad SMARTS) is 1. The van der Waals surface area contributed by atoms with E-state index < -0.39 is 12.1 Å². The third-order valence-electron chi connectivity index (χ3n) is 5.11. The van der Waals surface area contributed by atoms with E-state index in [1.807, 2.05) is 18.2 Å². The van der Waals surface area contributed by atoms with Gasteiger partial charge < -0.3 is 10.4 Å². The second-order valence-electron chi connectivity index (χ2n) is 7.04. The Balaban J connectivity index is 1.48. The standard InChI is InChI=1S/C21H19FN4O2/c22-16-11-21(12-16,18-6-1-2-9-23-18)13-24-19-8-7-17(25-26-19)14-4-3-5-15(10-14)20(27)28/h1-10,16H,11-13H2,(H,24,26)(H,27,28)/t16-,21-. The number of alkyl halides is 1. The highest BCUT2D eigenvalue weighted by molar-refractivity contribution is 5.89. The van der Waals surface area contributed by atoms with E-state index >= 15 is 0 Å². The third kappa shape index (κ3) is 3.55. The summed E-state index contributed by atoms with van der Waals surface area (Å²) in [5.41, 5.74) is 2.01. The van der Waals surface area contributed by atoms with Crippen LogP contribution in [-0.2, 0) is 5.41 Å². The van der Waals surface area contributed by atoms with Crippen LogP contribution >= 0.6 is 0 Å². The fraction of sp³-hybridized carbons (Fsp3) is 0.238. The van der Waals surface area contributed by atoms with Crippen LogP contribution in [0.25, 0.3) is 11.3 Å². The lowest BCUT2D eigenvalue weighted by Crippen LogP contribution is -2.48. The Kier molecular flexibility index (Phi) is 4.73. The van der Waals surface area contributed by atoms with Gasteiger partial charge in [0.05, 0.1) is 11.3 Å². The normalized spacial score (nSPS) is 21.0. The van der Waals surface area contributed by atoms with Crippen molar-refractivity contribution >= 4 is 11.8 Å². The molecule has 4 rings (SSSR count). The van der Waals surface area contributed by atoms with E-state index in [-0.39, 0.29) is 11.0 Å². The highest BCUT2D eigenvalue weighted by Gasteiger charge is 2.46. The summed E-state index contributed by atoms with van der Waals surface area (Å²) in [5.74, 6) is -0.407. The van der Waals surface area contributed by atoms with Gasteiger partial charge in [0.25, 0.3) is 0 Å². The zero-order valence-electron chi connectivity index (χ0n) is 15.0. The van der Waals surface area contributed by atoms with Crippen molar-refractivity contribution in [2.24, 2.45) is 0 Å². The smallest absolute Gasteiger partial charge is 0.335 e. The van der Waals surface area contributed by atoms with Crippen LogP contribution in [0.4, 0.5) is 10.2 Å². The van der Waals surface area contributed by atoms with Gasteiger partial charge in [-0.1, -0.05) is 18.2 Å². The first kappa shape index (κ1) is 18.0. The quantitative estimate of drug-likeness (QED) is 0.680. The van der Waals surface area contributed by atoms with Gasteiger partial charge in [-0.15, -0.1) is 10.2 Å². The minimum atomic E-state index is -0.986. The molecule has 2 N–H and O–H groups in total. The number of nitrogens with one attached hydrogen (secondary N) is 1. The molecule has 142 valence electrons. The number of carboxylic acids is 1. The van der Waals surface area contributed by atoms with E-state index in [1.165, 1.54) is 6.07 Å². The number of aromatic nitrogens is 3. The molecule has 1 saturated carbocycles. The summed E-state index contributed by atoms with van der Waals surface area (Å²) in [5, 5.41) is 20.7. The number of halogens is 1. The Morgan fingerprint density at radius 1 is 1.14 bits per heavy atom. The monoisotopic (exact) mass is 378 g/mol. The van der Waals surface area contributed by atoms with Crippen molar-refractivity contribution in [3.8, 4) is 11.3 Å². The summed E-state index contributed by atoms with van der Waals surface area (Å²) < 4.78 is 13.6. The number of hydrogen-bond acceptors (Lipinski definition) is 5. The van der Waals surface area contributed by atoms with Gasteiger partial charge >= 0.3 is 5.97 Å². The van der Waals surface area contributed by atoms with Crippen LogP contribution in [0.3, 0.4) is 0 Å². The number of carbonyl (C=O) groups is 1. The number of benzene rings is 1. The number of anilines is 1. The molecule has 1 aromatic carbocycles. The number of nitrogens with zero attached hydrogens (tertiary/aromatic N) is 3. The second kappa shape index (κ2) is 7.34. The van der Waals surface area contributed by atoms with Gasteiger partial charge in [0.1, 0.15) is 12.0 Å². The van der Waals surface area contributed by atoms with Gasteiger partial charge in [0.2, 0.25) is 0 Å². The van der Waals surface area contributed by atoms with Crippen LogP contribution in [0.2, 0.25) is 0 Å². The van der Waals surface area contributed by atoms with Crippen LogP contribution in [0.5, 0.6) is 0 Å². The molecule has 2 heterocycles. The molecule has 7 heteroatoms. The lowest BCUT2D eigenvalue weighted by Gasteiger charge is -2.43. The molecular weight excluding hydrogens is 359 g/mol. The maximum Gasteiger partial charge on any atom is 0.335 e. The molecule has 2 aromatic heterocycles. The average molecular weight is 378 g/mol. The molecule has 1 aliphatic rings. The lowest BCUT2D eigenvalue weighted by atomic mass is 9.65. The fourth-order valence-electron chi connectivity index (χ4n) is 3.56. The van der Waals surface area contributed by atoms with Gasteiger partial charge in [0, 0.05) is 29.4 Å². The van der Waals surface area contributed by atoms with E-state index in [0.29, 0.717) is 36.5 Å².